The number of para-hydroxylation sites is 1. The third-order valence-electron chi connectivity index (χ3n) is 6.08. The zero-order valence-corrected chi connectivity index (χ0v) is 20.3. The number of ether oxygens (including phenoxy) is 1. The highest BCUT2D eigenvalue weighted by Crippen LogP contribution is 2.34. The summed E-state index contributed by atoms with van der Waals surface area (Å²) in [5.41, 5.74) is 0.389. The van der Waals surface area contributed by atoms with E-state index in [1.165, 1.54) is 23.1 Å². The fourth-order valence-corrected chi connectivity index (χ4v) is 4.15. The fourth-order valence-electron chi connectivity index (χ4n) is 4.15. The molecule has 0 saturated carbocycles. The van der Waals surface area contributed by atoms with Crippen molar-refractivity contribution in [1.82, 2.24) is 5.32 Å². The Morgan fingerprint density at radius 2 is 1.63 bits per heavy atom. The van der Waals surface area contributed by atoms with Gasteiger partial charge < -0.3 is 20.3 Å². The Kier molecular flexibility index (Phi) is 8.30. The Hall–Kier alpha value is -4.34. The minimum Gasteiger partial charge on any atom is -0.484 e. The third-order valence-corrected chi connectivity index (χ3v) is 6.08. The highest BCUT2D eigenvalue weighted by molar-refractivity contribution is 6.00. The molecular weight excluding hydrogens is 499 g/mol. The van der Waals surface area contributed by atoms with Crippen LogP contribution in [0.1, 0.15) is 17.5 Å². The van der Waals surface area contributed by atoms with Gasteiger partial charge in [0, 0.05) is 25.2 Å². The molecule has 0 radical (unpaired) electrons. The van der Waals surface area contributed by atoms with Crippen LogP contribution in [-0.4, -0.2) is 37.4 Å². The molecule has 3 amide bonds. The number of carbonyl (C=O) groups excluding carboxylic acids is 3. The Morgan fingerprint density at radius 1 is 0.947 bits per heavy atom. The number of alkyl halides is 3. The predicted octanol–water partition coefficient (Wildman–Crippen LogP) is 4.43. The summed E-state index contributed by atoms with van der Waals surface area (Å²) in [6.07, 6.45) is -3.80. The Labute approximate surface area is 217 Å². The molecule has 3 aromatic carbocycles. The average Bonchev–Trinajstić information content (AvgIpc) is 3.29. The molecule has 7 nitrogen and oxygen atoms in total. The number of carbonyl (C=O) groups is 3. The molecule has 2 N–H and O–H groups in total. The first-order chi connectivity index (χ1) is 18.2. The number of amides is 3. The van der Waals surface area contributed by atoms with E-state index in [0.29, 0.717) is 24.4 Å². The minimum atomic E-state index is -4.60. The van der Waals surface area contributed by atoms with Gasteiger partial charge in [-0.15, -0.1) is 0 Å². The van der Waals surface area contributed by atoms with Crippen molar-refractivity contribution >= 4 is 29.1 Å². The molecule has 4 rings (SSSR count). The molecule has 1 aliphatic heterocycles. The van der Waals surface area contributed by atoms with E-state index in [1.807, 2.05) is 30.3 Å². The predicted molar refractivity (Wildman–Crippen MR) is 136 cm³/mol. The van der Waals surface area contributed by atoms with Crippen molar-refractivity contribution in [3.63, 3.8) is 0 Å². The number of halogens is 3. The van der Waals surface area contributed by atoms with Crippen molar-refractivity contribution in [2.45, 2.75) is 19.0 Å². The molecule has 0 unspecified atom stereocenters. The molecule has 1 atom stereocenters. The van der Waals surface area contributed by atoms with Crippen molar-refractivity contribution in [3.05, 3.63) is 90.0 Å². The third kappa shape index (κ3) is 6.90. The van der Waals surface area contributed by atoms with Crippen molar-refractivity contribution in [1.29, 1.82) is 0 Å². The lowest BCUT2D eigenvalue weighted by Gasteiger charge is -2.17. The lowest BCUT2D eigenvalue weighted by atomic mass is 10.1. The summed E-state index contributed by atoms with van der Waals surface area (Å²) in [5, 5.41) is 5.11. The maximum atomic E-state index is 13.1. The number of hydrogen-bond acceptors (Lipinski definition) is 4. The standard InChI is InChI=1S/C28H26F3N3O4/c29-28(30,31)23-8-4-5-9-24(23)33-25(35)18-38-22-12-10-21(11-13-22)34-17-20(16-26(34)36)27(37)32-15-14-19-6-2-1-3-7-19/h1-13,20H,14-18H2,(H,32,37)(H,33,35)/t20-/m0/s1. The molecule has 38 heavy (non-hydrogen) atoms. The van der Waals surface area contributed by atoms with Crippen molar-refractivity contribution in [2.75, 3.05) is 29.9 Å². The number of rotatable bonds is 9. The van der Waals surface area contributed by atoms with E-state index < -0.39 is 30.2 Å². The van der Waals surface area contributed by atoms with E-state index in [-0.39, 0.29) is 30.5 Å². The summed E-state index contributed by atoms with van der Waals surface area (Å²) < 4.78 is 44.7. The Balaban J connectivity index is 1.26. The topological polar surface area (TPSA) is 87.7 Å². The highest BCUT2D eigenvalue weighted by atomic mass is 19.4. The molecule has 3 aromatic rings. The molecule has 0 bridgehead atoms. The second-order valence-electron chi connectivity index (χ2n) is 8.81. The van der Waals surface area contributed by atoms with Crippen molar-refractivity contribution in [2.24, 2.45) is 5.92 Å². The zero-order chi connectivity index (χ0) is 27.1. The second-order valence-corrected chi connectivity index (χ2v) is 8.81. The molecule has 198 valence electrons. The van der Waals surface area contributed by atoms with Gasteiger partial charge in [0.05, 0.1) is 17.2 Å². The maximum Gasteiger partial charge on any atom is 0.418 e. The number of nitrogens with one attached hydrogen (secondary N) is 2. The minimum absolute atomic E-state index is 0.106. The highest BCUT2D eigenvalue weighted by Gasteiger charge is 2.35. The largest absolute Gasteiger partial charge is 0.484 e. The lowest BCUT2D eigenvalue weighted by molar-refractivity contribution is -0.137. The molecule has 0 aliphatic carbocycles. The van der Waals surface area contributed by atoms with Crippen LogP contribution < -0.4 is 20.3 Å². The van der Waals surface area contributed by atoms with Crippen LogP contribution in [0.3, 0.4) is 0 Å². The first kappa shape index (κ1) is 26.7. The first-order valence-electron chi connectivity index (χ1n) is 12.0. The van der Waals surface area contributed by atoms with E-state index in [2.05, 4.69) is 10.6 Å². The SMILES string of the molecule is O=C(COc1ccc(N2C[C@@H](C(=O)NCCc3ccccc3)CC2=O)cc1)Nc1ccccc1C(F)(F)F. The van der Waals surface area contributed by atoms with Gasteiger partial charge in [-0.3, -0.25) is 14.4 Å². The van der Waals surface area contributed by atoms with Gasteiger partial charge in [-0.2, -0.15) is 13.2 Å². The van der Waals surface area contributed by atoms with Crippen LogP contribution in [0.4, 0.5) is 24.5 Å². The summed E-state index contributed by atoms with van der Waals surface area (Å²) in [7, 11) is 0. The van der Waals surface area contributed by atoms with Crippen LogP contribution in [0.5, 0.6) is 5.75 Å². The first-order valence-corrected chi connectivity index (χ1v) is 12.0. The number of benzene rings is 3. The summed E-state index contributed by atoms with van der Waals surface area (Å²) in [6, 6.07) is 20.8. The van der Waals surface area contributed by atoms with Gasteiger partial charge in [0.1, 0.15) is 5.75 Å². The average molecular weight is 526 g/mol. The smallest absolute Gasteiger partial charge is 0.418 e. The summed E-state index contributed by atoms with van der Waals surface area (Å²) in [4.78, 5) is 38.8. The van der Waals surface area contributed by atoms with Crippen molar-refractivity contribution < 1.29 is 32.3 Å². The molecular formula is C28H26F3N3O4. The Morgan fingerprint density at radius 3 is 2.34 bits per heavy atom. The van der Waals surface area contributed by atoms with Gasteiger partial charge in [0.15, 0.2) is 6.61 Å². The molecule has 1 saturated heterocycles. The van der Waals surface area contributed by atoms with E-state index >= 15 is 0 Å². The van der Waals surface area contributed by atoms with Crippen LogP contribution in [0.2, 0.25) is 0 Å². The van der Waals surface area contributed by atoms with Gasteiger partial charge in [0.25, 0.3) is 5.91 Å². The Bertz CT molecular complexity index is 1280. The van der Waals surface area contributed by atoms with Crippen LogP contribution >= 0.6 is 0 Å². The van der Waals surface area contributed by atoms with Crippen LogP contribution in [0, 0.1) is 5.92 Å². The van der Waals surface area contributed by atoms with Gasteiger partial charge in [-0.05, 0) is 48.4 Å². The quantitative estimate of drug-likeness (QED) is 0.433. The molecule has 1 heterocycles. The van der Waals surface area contributed by atoms with Gasteiger partial charge in [0.2, 0.25) is 11.8 Å². The lowest BCUT2D eigenvalue weighted by Crippen LogP contribution is -2.34. The molecule has 0 spiro atoms. The van der Waals surface area contributed by atoms with Crippen molar-refractivity contribution in [3.8, 4) is 5.75 Å². The molecule has 1 fully saturated rings. The van der Waals surface area contributed by atoms with Crippen LogP contribution in [0.25, 0.3) is 0 Å². The number of nitrogens with zero attached hydrogens (tertiary/aromatic N) is 1. The number of hydrogen-bond donors (Lipinski definition) is 2. The van der Waals surface area contributed by atoms with E-state index in [0.717, 1.165) is 11.6 Å². The van der Waals surface area contributed by atoms with Crippen LogP contribution in [0.15, 0.2) is 78.9 Å². The summed E-state index contributed by atoms with van der Waals surface area (Å²) in [6.45, 7) is 0.228. The fraction of sp³-hybridized carbons (Fsp3) is 0.250. The van der Waals surface area contributed by atoms with E-state index in [4.69, 9.17) is 4.74 Å². The van der Waals surface area contributed by atoms with Gasteiger partial charge >= 0.3 is 6.18 Å². The molecule has 10 heteroatoms. The summed E-state index contributed by atoms with van der Waals surface area (Å²) in [5.74, 6) is -1.26. The normalized spacial score (nSPS) is 15.3. The monoisotopic (exact) mass is 525 g/mol. The zero-order valence-electron chi connectivity index (χ0n) is 20.3. The number of anilines is 2. The van der Waals surface area contributed by atoms with E-state index in [9.17, 15) is 27.6 Å². The molecule has 0 aromatic heterocycles. The second kappa shape index (κ2) is 11.8. The molecule has 1 aliphatic rings. The summed E-state index contributed by atoms with van der Waals surface area (Å²) >= 11 is 0. The van der Waals surface area contributed by atoms with Gasteiger partial charge in [-0.25, -0.2) is 0 Å². The van der Waals surface area contributed by atoms with E-state index in [1.54, 1.807) is 24.3 Å². The van der Waals surface area contributed by atoms with Crippen LogP contribution in [-0.2, 0) is 27.0 Å². The maximum absolute atomic E-state index is 13.1. The van der Waals surface area contributed by atoms with Gasteiger partial charge in [-0.1, -0.05) is 42.5 Å².